The predicted octanol–water partition coefficient (Wildman–Crippen LogP) is 14.0. The Balaban J connectivity index is 1.35. The monoisotopic (exact) mass is 680 g/mol. The zero-order valence-corrected chi connectivity index (χ0v) is 31.0. The van der Waals surface area contributed by atoms with Crippen LogP contribution >= 0.6 is 0 Å². The molecule has 0 aromatic heterocycles. The van der Waals surface area contributed by atoms with E-state index < -0.39 is 5.41 Å². The number of hydrogen-bond acceptors (Lipinski definition) is 0. The van der Waals surface area contributed by atoms with Gasteiger partial charge in [-0.1, -0.05) is 216 Å². The molecular weight excluding hydrogens is 637 g/mol. The van der Waals surface area contributed by atoms with Crippen LogP contribution in [0.2, 0.25) is 0 Å². The molecule has 8 aromatic carbocycles. The lowest BCUT2D eigenvalue weighted by Gasteiger charge is -2.37. The summed E-state index contributed by atoms with van der Waals surface area (Å²) in [6, 6.07) is 72.2. The van der Waals surface area contributed by atoms with E-state index in [1.807, 2.05) is 0 Å². The third-order valence-corrected chi connectivity index (χ3v) is 10.7. The van der Waals surface area contributed by atoms with E-state index >= 15 is 0 Å². The highest BCUT2D eigenvalue weighted by Gasteiger charge is 2.38. The molecule has 8 rings (SSSR count). The fraction of sp³-hybridized carbons (Fsp3) is 0.0943. The molecule has 8 aromatic rings. The lowest BCUT2D eigenvalue weighted by molar-refractivity contribution is 0.745. The molecule has 0 heterocycles. The van der Waals surface area contributed by atoms with Gasteiger partial charge in [-0.2, -0.15) is 0 Å². The van der Waals surface area contributed by atoms with Gasteiger partial charge in [-0.15, -0.1) is 0 Å². The first-order chi connectivity index (χ1) is 25.9. The van der Waals surface area contributed by atoms with E-state index in [4.69, 9.17) is 0 Å². The maximum Gasteiger partial charge on any atom is 0.0701 e. The Morgan fingerprint density at radius 2 is 0.434 bits per heavy atom. The van der Waals surface area contributed by atoms with Gasteiger partial charge in [0, 0.05) is 0 Å². The number of aryl methyl sites for hydroxylation is 4. The van der Waals surface area contributed by atoms with Crippen molar-refractivity contribution in [2.24, 2.45) is 0 Å². The van der Waals surface area contributed by atoms with Gasteiger partial charge in [0.2, 0.25) is 0 Å². The van der Waals surface area contributed by atoms with Crippen LogP contribution in [0.15, 0.2) is 194 Å². The van der Waals surface area contributed by atoms with E-state index in [1.165, 1.54) is 89.0 Å². The van der Waals surface area contributed by atoms with E-state index in [0.29, 0.717) is 0 Å². The molecular formula is C53H44. The highest BCUT2D eigenvalue weighted by Crippen LogP contribution is 2.47. The van der Waals surface area contributed by atoms with Gasteiger partial charge in [-0.05, 0) is 94.5 Å². The molecule has 0 N–H and O–H groups in total. The Kier molecular flexibility index (Phi) is 9.21. The zero-order chi connectivity index (χ0) is 36.4. The molecule has 256 valence electrons. The van der Waals surface area contributed by atoms with Crippen LogP contribution in [-0.2, 0) is 5.41 Å². The van der Waals surface area contributed by atoms with Crippen LogP contribution in [-0.4, -0.2) is 0 Å². The van der Waals surface area contributed by atoms with E-state index in [0.717, 1.165) is 0 Å². The minimum absolute atomic E-state index is 0.591. The second-order valence-electron chi connectivity index (χ2n) is 14.5. The van der Waals surface area contributed by atoms with Gasteiger partial charge in [-0.3, -0.25) is 0 Å². The van der Waals surface area contributed by atoms with E-state index in [9.17, 15) is 0 Å². The van der Waals surface area contributed by atoms with Crippen molar-refractivity contribution < 1.29 is 0 Å². The standard InChI is InChI=1S/C53H44/c1-37-9-5-13-45(33-37)41-17-25-49(26-18-41)53(50-27-19-42(20-28-50)46-14-6-10-38(2)34-46,51-29-21-43(22-30-51)47-15-7-11-39(3)35-47)52-31-23-44(24-32-52)48-16-8-12-40(4)36-48/h5-36H,1-4H3. The molecule has 0 unspecified atom stereocenters. The fourth-order valence-electron chi connectivity index (χ4n) is 7.95. The van der Waals surface area contributed by atoms with Crippen LogP contribution in [0.25, 0.3) is 44.5 Å². The van der Waals surface area contributed by atoms with Crippen molar-refractivity contribution in [3.63, 3.8) is 0 Å². The van der Waals surface area contributed by atoms with Crippen molar-refractivity contribution in [3.05, 3.63) is 239 Å². The molecule has 0 atom stereocenters. The average Bonchev–Trinajstić information content (AvgIpc) is 3.19. The van der Waals surface area contributed by atoms with Crippen molar-refractivity contribution in [2.75, 3.05) is 0 Å². The summed E-state index contributed by atoms with van der Waals surface area (Å²) in [5.41, 5.74) is 19.1. The SMILES string of the molecule is Cc1cccc(-c2ccc(C(c3ccc(-c4cccc(C)c4)cc3)(c3ccc(-c4cccc(C)c4)cc3)c3ccc(-c4cccc(C)c4)cc3)cc2)c1. The summed E-state index contributed by atoms with van der Waals surface area (Å²) in [4.78, 5) is 0. The van der Waals surface area contributed by atoms with Crippen molar-refractivity contribution in [1.82, 2.24) is 0 Å². The van der Waals surface area contributed by atoms with Gasteiger partial charge >= 0.3 is 0 Å². The molecule has 0 nitrogen and oxygen atoms in total. The minimum atomic E-state index is -0.591. The Hall–Kier alpha value is -6.24. The summed E-state index contributed by atoms with van der Waals surface area (Å²) >= 11 is 0. The molecule has 0 heteroatoms. The second kappa shape index (κ2) is 14.4. The molecule has 53 heavy (non-hydrogen) atoms. The fourth-order valence-corrected chi connectivity index (χ4v) is 7.95. The first-order valence-electron chi connectivity index (χ1n) is 18.6. The van der Waals surface area contributed by atoms with Gasteiger partial charge in [0.25, 0.3) is 0 Å². The zero-order valence-electron chi connectivity index (χ0n) is 31.0. The van der Waals surface area contributed by atoms with Crippen LogP contribution in [0.4, 0.5) is 0 Å². The maximum atomic E-state index is 2.34. The molecule has 0 aliphatic heterocycles. The lowest BCUT2D eigenvalue weighted by Crippen LogP contribution is -2.31. The van der Waals surface area contributed by atoms with E-state index in [-0.39, 0.29) is 0 Å². The summed E-state index contributed by atoms with van der Waals surface area (Å²) in [5, 5.41) is 0. The predicted molar refractivity (Wildman–Crippen MR) is 225 cm³/mol. The Morgan fingerprint density at radius 3 is 0.623 bits per heavy atom. The minimum Gasteiger partial charge on any atom is -0.0614 e. The molecule has 0 saturated carbocycles. The van der Waals surface area contributed by atoms with Crippen LogP contribution in [0.5, 0.6) is 0 Å². The highest BCUT2D eigenvalue weighted by molar-refractivity contribution is 5.72. The third kappa shape index (κ3) is 6.77. The van der Waals surface area contributed by atoms with E-state index in [2.05, 4.69) is 222 Å². The van der Waals surface area contributed by atoms with Crippen molar-refractivity contribution in [2.45, 2.75) is 33.1 Å². The van der Waals surface area contributed by atoms with Crippen LogP contribution in [0.3, 0.4) is 0 Å². The molecule has 0 amide bonds. The molecule has 0 aliphatic carbocycles. The Bertz CT molecular complexity index is 2140. The van der Waals surface area contributed by atoms with Crippen LogP contribution in [0, 0.1) is 27.7 Å². The largest absolute Gasteiger partial charge is 0.0701 e. The Labute approximate surface area is 315 Å². The van der Waals surface area contributed by atoms with Gasteiger partial charge in [0.15, 0.2) is 0 Å². The maximum absolute atomic E-state index is 2.34. The van der Waals surface area contributed by atoms with Crippen LogP contribution in [0.1, 0.15) is 44.5 Å². The van der Waals surface area contributed by atoms with Gasteiger partial charge in [0.05, 0.1) is 5.41 Å². The van der Waals surface area contributed by atoms with Gasteiger partial charge in [-0.25, -0.2) is 0 Å². The summed E-state index contributed by atoms with van der Waals surface area (Å²) in [6.07, 6.45) is 0. The topological polar surface area (TPSA) is 0 Å². The number of hydrogen-bond donors (Lipinski definition) is 0. The first-order valence-corrected chi connectivity index (χ1v) is 18.6. The molecule has 0 aliphatic rings. The van der Waals surface area contributed by atoms with Crippen molar-refractivity contribution >= 4 is 0 Å². The van der Waals surface area contributed by atoms with E-state index in [1.54, 1.807) is 0 Å². The number of rotatable bonds is 8. The highest BCUT2D eigenvalue weighted by atomic mass is 14.4. The van der Waals surface area contributed by atoms with Gasteiger partial charge in [0.1, 0.15) is 0 Å². The molecule has 0 fully saturated rings. The lowest BCUT2D eigenvalue weighted by atomic mass is 9.64. The summed E-state index contributed by atoms with van der Waals surface area (Å²) < 4.78 is 0. The summed E-state index contributed by atoms with van der Waals surface area (Å²) in [5.74, 6) is 0. The summed E-state index contributed by atoms with van der Waals surface area (Å²) in [6.45, 7) is 8.63. The van der Waals surface area contributed by atoms with Crippen LogP contribution < -0.4 is 0 Å². The molecule has 0 saturated heterocycles. The second-order valence-corrected chi connectivity index (χ2v) is 14.5. The Morgan fingerprint density at radius 1 is 0.226 bits per heavy atom. The quantitative estimate of drug-likeness (QED) is 0.140. The van der Waals surface area contributed by atoms with Crippen molar-refractivity contribution in [3.8, 4) is 44.5 Å². The van der Waals surface area contributed by atoms with Crippen molar-refractivity contribution in [1.29, 1.82) is 0 Å². The normalized spacial score (nSPS) is 11.4. The number of benzene rings is 8. The molecule has 0 bridgehead atoms. The average molecular weight is 681 g/mol. The molecule has 0 radical (unpaired) electrons. The third-order valence-electron chi connectivity index (χ3n) is 10.7. The summed E-state index contributed by atoms with van der Waals surface area (Å²) in [7, 11) is 0. The van der Waals surface area contributed by atoms with Gasteiger partial charge < -0.3 is 0 Å². The smallest absolute Gasteiger partial charge is 0.0614 e. The first kappa shape index (κ1) is 33.9. The molecule has 0 spiro atoms.